The molecule has 98 valence electrons. The van der Waals surface area contributed by atoms with Gasteiger partial charge in [0.1, 0.15) is 5.82 Å². The van der Waals surface area contributed by atoms with Gasteiger partial charge in [-0.05, 0) is 30.5 Å². The van der Waals surface area contributed by atoms with Crippen LogP contribution in [0.2, 0.25) is 5.28 Å². The summed E-state index contributed by atoms with van der Waals surface area (Å²) in [5.41, 5.74) is 0. The van der Waals surface area contributed by atoms with E-state index in [-0.39, 0.29) is 23.4 Å². The van der Waals surface area contributed by atoms with Gasteiger partial charge in [-0.2, -0.15) is 0 Å². The van der Waals surface area contributed by atoms with Gasteiger partial charge >= 0.3 is 6.03 Å². The van der Waals surface area contributed by atoms with E-state index in [1.807, 2.05) is 14.0 Å². The number of nitrogens with zero attached hydrogens (tertiary/aromatic N) is 4. The number of carbonyl (C=O) groups excluding carboxylic acids is 1. The monoisotopic (exact) mass is 268 g/mol. The molecule has 2 atom stereocenters. The first-order valence-corrected chi connectivity index (χ1v) is 6.36. The van der Waals surface area contributed by atoms with Gasteiger partial charge in [0, 0.05) is 13.2 Å². The lowest BCUT2D eigenvalue weighted by Crippen LogP contribution is -2.40. The van der Waals surface area contributed by atoms with Crippen LogP contribution >= 0.6 is 11.6 Å². The normalized spacial score (nSPS) is 24.2. The number of amides is 2. The van der Waals surface area contributed by atoms with Crippen LogP contribution in [0.4, 0.5) is 10.6 Å². The van der Waals surface area contributed by atoms with E-state index in [0.29, 0.717) is 11.7 Å². The molecule has 1 saturated heterocycles. The molecule has 18 heavy (non-hydrogen) atoms. The predicted molar refractivity (Wildman–Crippen MR) is 70.8 cm³/mol. The van der Waals surface area contributed by atoms with Gasteiger partial charge in [0.2, 0.25) is 5.28 Å². The molecule has 0 saturated carbocycles. The van der Waals surface area contributed by atoms with E-state index in [2.05, 4.69) is 23.8 Å². The van der Waals surface area contributed by atoms with Gasteiger partial charge in [0.25, 0.3) is 0 Å². The first kappa shape index (κ1) is 13.1. The van der Waals surface area contributed by atoms with Crippen LogP contribution in [0, 0.1) is 5.92 Å². The van der Waals surface area contributed by atoms with Crippen molar-refractivity contribution in [2.75, 3.05) is 11.9 Å². The maximum Gasteiger partial charge on any atom is 0.326 e. The third-order valence-corrected chi connectivity index (χ3v) is 3.63. The lowest BCUT2D eigenvalue weighted by Gasteiger charge is -2.27. The number of halogens is 1. The molecule has 1 aliphatic heterocycles. The topological polar surface area (TPSA) is 49.3 Å². The Bertz CT molecular complexity index is 465. The van der Waals surface area contributed by atoms with E-state index in [9.17, 15) is 4.79 Å². The molecule has 0 radical (unpaired) electrons. The SMILES string of the molecule is CC(C)C1C(C)N(C)C(=O)N1c1ccnc(Cl)n1. The summed E-state index contributed by atoms with van der Waals surface area (Å²) in [6.07, 6.45) is 1.57. The molecule has 1 fully saturated rings. The van der Waals surface area contributed by atoms with Crippen LogP contribution in [0.3, 0.4) is 0 Å². The molecule has 1 aromatic heterocycles. The van der Waals surface area contributed by atoms with Gasteiger partial charge in [-0.25, -0.2) is 14.8 Å². The van der Waals surface area contributed by atoms with Gasteiger partial charge in [0.05, 0.1) is 12.1 Å². The zero-order valence-corrected chi connectivity index (χ0v) is 11.7. The Kier molecular flexibility index (Phi) is 3.43. The molecule has 2 unspecified atom stereocenters. The summed E-state index contributed by atoms with van der Waals surface area (Å²) in [6, 6.07) is 1.90. The average Bonchev–Trinajstić information content (AvgIpc) is 2.53. The quantitative estimate of drug-likeness (QED) is 0.774. The van der Waals surface area contributed by atoms with Crippen molar-refractivity contribution in [2.45, 2.75) is 32.9 Å². The van der Waals surface area contributed by atoms with E-state index < -0.39 is 0 Å². The molecule has 2 heterocycles. The number of rotatable bonds is 2. The third kappa shape index (κ3) is 2.03. The Balaban J connectivity index is 2.43. The summed E-state index contributed by atoms with van der Waals surface area (Å²) >= 11 is 5.80. The standard InChI is InChI=1S/C12H17ClN4O/c1-7(2)10-8(3)16(4)12(18)17(10)9-5-6-14-11(13)15-9/h5-8,10H,1-4H3. The molecule has 0 bridgehead atoms. The molecule has 0 aromatic carbocycles. The number of urea groups is 1. The van der Waals surface area contributed by atoms with Crippen LogP contribution < -0.4 is 4.90 Å². The second kappa shape index (κ2) is 4.72. The Morgan fingerprint density at radius 1 is 1.44 bits per heavy atom. The van der Waals surface area contributed by atoms with Crippen molar-refractivity contribution in [3.63, 3.8) is 0 Å². The van der Waals surface area contributed by atoms with Crippen LogP contribution in [-0.2, 0) is 0 Å². The molecule has 5 nitrogen and oxygen atoms in total. The van der Waals surface area contributed by atoms with Crippen molar-refractivity contribution in [3.05, 3.63) is 17.5 Å². The zero-order chi connectivity index (χ0) is 13.4. The minimum atomic E-state index is -0.0454. The fourth-order valence-corrected chi connectivity index (χ4v) is 2.63. The molecule has 2 rings (SSSR count). The smallest absolute Gasteiger partial charge is 0.323 e. The Morgan fingerprint density at radius 2 is 2.11 bits per heavy atom. The van der Waals surface area contributed by atoms with Crippen molar-refractivity contribution in [1.29, 1.82) is 0 Å². The van der Waals surface area contributed by atoms with E-state index in [1.165, 1.54) is 0 Å². The summed E-state index contributed by atoms with van der Waals surface area (Å²) in [7, 11) is 1.81. The van der Waals surface area contributed by atoms with Crippen LogP contribution in [0.15, 0.2) is 12.3 Å². The first-order valence-electron chi connectivity index (χ1n) is 5.98. The highest BCUT2D eigenvalue weighted by atomic mass is 35.5. The lowest BCUT2D eigenvalue weighted by molar-refractivity contribution is 0.219. The molecule has 0 spiro atoms. The molecule has 0 N–H and O–H groups in total. The van der Waals surface area contributed by atoms with Crippen molar-refractivity contribution in [2.24, 2.45) is 5.92 Å². The second-order valence-electron chi connectivity index (χ2n) is 4.92. The molecule has 6 heteroatoms. The second-order valence-corrected chi connectivity index (χ2v) is 5.26. The highest BCUT2D eigenvalue weighted by Crippen LogP contribution is 2.31. The van der Waals surface area contributed by atoms with E-state index >= 15 is 0 Å². The van der Waals surface area contributed by atoms with Crippen molar-refractivity contribution >= 4 is 23.4 Å². The van der Waals surface area contributed by atoms with E-state index in [4.69, 9.17) is 11.6 Å². The average molecular weight is 269 g/mol. The van der Waals surface area contributed by atoms with Crippen molar-refractivity contribution in [1.82, 2.24) is 14.9 Å². The van der Waals surface area contributed by atoms with Gasteiger partial charge in [-0.1, -0.05) is 13.8 Å². The van der Waals surface area contributed by atoms with Crippen molar-refractivity contribution in [3.8, 4) is 0 Å². The summed E-state index contributed by atoms with van der Waals surface area (Å²) in [5.74, 6) is 0.901. The van der Waals surface area contributed by atoms with Gasteiger partial charge < -0.3 is 4.90 Å². The number of hydrogen-bond acceptors (Lipinski definition) is 3. The molecule has 0 aliphatic carbocycles. The maximum atomic E-state index is 12.3. The summed E-state index contributed by atoms with van der Waals surface area (Å²) < 4.78 is 0. The summed E-state index contributed by atoms with van der Waals surface area (Å²) in [4.78, 5) is 23.7. The zero-order valence-electron chi connectivity index (χ0n) is 11.0. The molecular weight excluding hydrogens is 252 g/mol. The Morgan fingerprint density at radius 3 is 2.67 bits per heavy atom. The number of anilines is 1. The van der Waals surface area contributed by atoms with Crippen LogP contribution in [0.25, 0.3) is 0 Å². The third-order valence-electron chi connectivity index (χ3n) is 3.45. The molecule has 2 amide bonds. The summed E-state index contributed by atoms with van der Waals surface area (Å²) in [5, 5.41) is 0.157. The Hall–Kier alpha value is -1.36. The largest absolute Gasteiger partial charge is 0.326 e. The minimum Gasteiger partial charge on any atom is -0.323 e. The number of aromatic nitrogens is 2. The maximum absolute atomic E-state index is 12.3. The Labute approximate surface area is 112 Å². The first-order chi connectivity index (χ1) is 8.43. The fourth-order valence-electron chi connectivity index (χ4n) is 2.48. The minimum absolute atomic E-state index is 0.0454. The fraction of sp³-hybridized carbons (Fsp3) is 0.583. The van der Waals surface area contributed by atoms with E-state index in [0.717, 1.165) is 0 Å². The highest BCUT2D eigenvalue weighted by molar-refractivity contribution is 6.28. The van der Waals surface area contributed by atoms with Gasteiger partial charge in [0.15, 0.2) is 0 Å². The molecule has 1 aromatic rings. The summed E-state index contributed by atoms with van der Waals surface area (Å²) in [6.45, 7) is 6.25. The van der Waals surface area contributed by atoms with Crippen molar-refractivity contribution < 1.29 is 4.79 Å². The predicted octanol–water partition coefficient (Wildman–Crippen LogP) is 2.41. The number of likely N-dealkylation sites (N-methyl/N-ethyl adjacent to an activating group) is 1. The van der Waals surface area contributed by atoms with Crippen LogP contribution in [0.5, 0.6) is 0 Å². The lowest BCUT2D eigenvalue weighted by atomic mass is 9.97. The molecule has 1 aliphatic rings. The number of carbonyl (C=O) groups is 1. The van der Waals surface area contributed by atoms with Gasteiger partial charge in [-0.3, -0.25) is 4.90 Å². The van der Waals surface area contributed by atoms with Gasteiger partial charge in [-0.15, -0.1) is 0 Å². The van der Waals surface area contributed by atoms with Crippen LogP contribution in [-0.4, -0.2) is 40.0 Å². The molecular formula is C12H17ClN4O. The number of hydrogen-bond donors (Lipinski definition) is 0. The van der Waals surface area contributed by atoms with E-state index in [1.54, 1.807) is 22.1 Å². The highest BCUT2D eigenvalue weighted by Gasteiger charge is 2.44. The van der Waals surface area contributed by atoms with Crippen LogP contribution in [0.1, 0.15) is 20.8 Å².